The zero-order chi connectivity index (χ0) is 29.1. The number of hydrogen-bond donors (Lipinski definition) is 4. The van der Waals surface area contributed by atoms with Gasteiger partial charge in [-0.25, -0.2) is 0 Å². The van der Waals surface area contributed by atoms with E-state index >= 15 is 0 Å². The fourth-order valence-electron chi connectivity index (χ4n) is 3.60. The highest BCUT2D eigenvalue weighted by Gasteiger charge is 1.98. The Kier molecular flexibility index (Phi) is 13.4. The summed E-state index contributed by atoms with van der Waals surface area (Å²) in [4.78, 5) is 0. The normalized spacial score (nSPS) is 10.2. The summed E-state index contributed by atoms with van der Waals surface area (Å²) in [5.41, 5.74) is 25.4. The summed E-state index contributed by atoms with van der Waals surface area (Å²) in [6.45, 7) is 2.78. The largest absolute Gasteiger partial charge is 0.494 e. The summed E-state index contributed by atoms with van der Waals surface area (Å²) in [6.07, 6.45) is 4.98. The summed E-state index contributed by atoms with van der Waals surface area (Å²) < 4.78 is 22.5. The van der Waals surface area contributed by atoms with Crippen molar-refractivity contribution >= 4 is 22.7 Å². The van der Waals surface area contributed by atoms with Crippen LogP contribution in [0.1, 0.15) is 32.1 Å². The minimum Gasteiger partial charge on any atom is -0.494 e. The maximum atomic E-state index is 5.63. The number of rotatable bonds is 15. The third kappa shape index (κ3) is 13.3. The molecule has 41 heavy (non-hydrogen) atoms. The Morgan fingerprint density at radius 1 is 0.293 bits per heavy atom. The molecule has 0 heterocycles. The van der Waals surface area contributed by atoms with E-state index in [1.54, 1.807) is 0 Å². The van der Waals surface area contributed by atoms with Gasteiger partial charge < -0.3 is 41.9 Å². The lowest BCUT2D eigenvalue weighted by atomic mass is 10.2. The summed E-state index contributed by atoms with van der Waals surface area (Å²) >= 11 is 0. The monoisotopic (exact) mass is 558 g/mol. The predicted molar refractivity (Wildman–Crippen MR) is 168 cm³/mol. The first-order valence-electron chi connectivity index (χ1n) is 13.9. The Labute approximate surface area is 243 Å². The average Bonchev–Trinajstić information content (AvgIpc) is 2.98. The molecule has 0 bridgehead atoms. The number of nitrogens with two attached hydrogens (primary N) is 4. The van der Waals surface area contributed by atoms with Crippen molar-refractivity contribution in [2.75, 3.05) is 49.4 Å². The second-order valence-electron chi connectivity index (χ2n) is 9.44. The molecule has 0 amide bonds. The maximum Gasteiger partial charge on any atom is 0.119 e. The van der Waals surface area contributed by atoms with Gasteiger partial charge >= 0.3 is 0 Å². The van der Waals surface area contributed by atoms with Gasteiger partial charge in [0.2, 0.25) is 0 Å². The van der Waals surface area contributed by atoms with E-state index in [1.807, 2.05) is 97.1 Å². The van der Waals surface area contributed by atoms with Gasteiger partial charge in [0.1, 0.15) is 23.0 Å². The van der Waals surface area contributed by atoms with E-state index in [0.717, 1.165) is 77.9 Å². The first-order valence-corrected chi connectivity index (χ1v) is 13.9. The Balaban J connectivity index is 0.000000226. The second kappa shape index (κ2) is 17.8. The van der Waals surface area contributed by atoms with Crippen molar-refractivity contribution < 1.29 is 18.9 Å². The van der Waals surface area contributed by atoms with Crippen LogP contribution in [0.5, 0.6) is 23.0 Å². The molecular weight excluding hydrogens is 516 g/mol. The first kappa shape index (κ1) is 30.8. The van der Waals surface area contributed by atoms with Crippen LogP contribution in [0.2, 0.25) is 0 Å². The lowest BCUT2D eigenvalue weighted by Crippen LogP contribution is -2.02. The zero-order valence-electron chi connectivity index (χ0n) is 23.5. The van der Waals surface area contributed by atoms with Crippen molar-refractivity contribution in [1.82, 2.24) is 0 Å². The molecule has 8 nitrogen and oxygen atoms in total. The fraction of sp³-hybridized carbons (Fsp3) is 0.273. The minimum atomic E-state index is 0.676. The number of hydrogen-bond acceptors (Lipinski definition) is 8. The Hall–Kier alpha value is -4.72. The topological polar surface area (TPSA) is 141 Å². The molecule has 8 N–H and O–H groups in total. The molecule has 0 spiro atoms. The van der Waals surface area contributed by atoms with E-state index < -0.39 is 0 Å². The fourth-order valence-corrected chi connectivity index (χ4v) is 3.60. The summed E-state index contributed by atoms with van der Waals surface area (Å²) in [6, 6.07) is 29.8. The molecule has 0 fully saturated rings. The van der Waals surface area contributed by atoms with Gasteiger partial charge in [0.05, 0.1) is 26.4 Å². The third-order valence-electron chi connectivity index (χ3n) is 5.92. The predicted octanol–water partition coefficient (Wildman–Crippen LogP) is 6.57. The van der Waals surface area contributed by atoms with Crippen LogP contribution in [0.3, 0.4) is 0 Å². The Morgan fingerprint density at radius 3 is 0.707 bits per heavy atom. The number of anilines is 4. The summed E-state index contributed by atoms with van der Waals surface area (Å²) in [7, 11) is 0. The van der Waals surface area contributed by atoms with E-state index in [9.17, 15) is 0 Å². The van der Waals surface area contributed by atoms with Crippen LogP contribution in [-0.2, 0) is 0 Å². The molecule has 218 valence electrons. The van der Waals surface area contributed by atoms with E-state index in [4.69, 9.17) is 41.9 Å². The minimum absolute atomic E-state index is 0.676. The van der Waals surface area contributed by atoms with Gasteiger partial charge in [-0.15, -0.1) is 0 Å². The van der Waals surface area contributed by atoms with Crippen LogP contribution in [0.15, 0.2) is 97.1 Å². The van der Waals surface area contributed by atoms with Crippen molar-refractivity contribution in [2.45, 2.75) is 32.1 Å². The summed E-state index contributed by atoms with van der Waals surface area (Å²) in [5.74, 6) is 3.42. The van der Waals surface area contributed by atoms with Crippen LogP contribution >= 0.6 is 0 Å². The van der Waals surface area contributed by atoms with Gasteiger partial charge in [0.25, 0.3) is 0 Å². The smallest absolute Gasteiger partial charge is 0.119 e. The lowest BCUT2D eigenvalue weighted by Gasteiger charge is -2.08. The van der Waals surface area contributed by atoms with E-state index in [1.165, 1.54) is 0 Å². The van der Waals surface area contributed by atoms with Crippen LogP contribution in [0.4, 0.5) is 22.7 Å². The SMILES string of the molecule is Nc1ccc(OCCCCCOc2ccc(N)cc2)cc1.Nc1ccc(OCCCCOc2ccc(N)cc2)cc1. The molecule has 0 saturated heterocycles. The molecule has 0 unspecified atom stereocenters. The molecule has 4 aromatic carbocycles. The van der Waals surface area contributed by atoms with E-state index in [0.29, 0.717) is 26.4 Å². The highest BCUT2D eigenvalue weighted by atomic mass is 16.5. The van der Waals surface area contributed by atoms with Crippen molar-refractivity contribution in [1.29, 1.82) is 0 Å². The van der Waals surface area contributed by atoms with Crippen molar-refractivity contribution in [3.05, 3.63) is 97.1 Å². The van der Waals surface area contributed by atoms with Crippen molar-refractivity contribution in [3.8, 4) is 23.0 Å². The van der Waals surface area contributed by atoms with Crippen molar-refractivity contribution in [3.63, 3.8) is 0 Å². The quantitative estimate of drug-likeness (QED) is 0.0948. The molecule has 8 heteroatoms. The first-order chi connectivity index (χ1) is 20.0. The van der Waals surface area contributed by atoms with Gasteiger partial charge in [-0.3, -0.25) is 0 Å². The standard InChI is InChI=1S/C17H22N2O2.C16H20N2O2/c18-14-4-8-16(9-5-14)20-12-2-1-3-13-21-17-10-6-15(19)7-11-17;17-13-3-7-15(8-4-13)19-11-1-2-12-20-16-9-5-14(18)6-10-16/h4-11H,1-3,12-13,18-19H2;3-10H,1-2,11-12,17-18H2. The molecular formula is C33H42N4O4. The molecule has 0 saturated carbocycles. The van der Waals surface area contributed by atoms with Gasteiger partial charge in [-0.1, -0.05) is 0 Å². The number of unbranched alkanes of at least 4 members (excludes halogenated alkanes) is 3. The molecule has 0 aliphatic heterocycles. The lowest BCUT2D eigenvalue weighted by molar-refractivity contribution is 0.266. The molecule has 0 aliphatic rings. The van der Waals surface area contributed by atoms with Gasteiger partial charge in [0, 0.05) is 22.7 Å². The molecule has 4 aromatic rings. The van der Waals surface area contributed by atoms with Crippen molar-refractivity contribution in [2.24, 2.45) is 0 Å². The van der Waals surface area contributed by atoms with E-state index in [-0.39, 0.29) is 0 Å². The number of ether oxygens (including phenoxy) is 4. The van der Waals surface area contributed by atoms with Crippen LogP contribution in [-0.4, -0.2) is 26.4 Å². The molecule has 0 aliphatic carbocycles. The van der Waals surface area contributed by atoms with Crippen LogP contribution in [0.25, 0.3) is 0 Å². The van der Waals surface area contributed by atoms with Crippen LogP contribution in [0, 0.1) is 0 Å². The average molecular weight is 559 g/mol. The van der Waals surface area contributed by atoms with Gasteiger partial charge in [0.15, 0.2) is 0 Å². The number of benzene rings is 4. The van der Waals surface area contributed by atoms with Gasteiger partial charge in [-0.05, 0) is 129 Å². The molecule has 0 radical (unpaired) electrons. The number of nitrogen functional groups attached to an aromatic ring is 4. The van der Waals surface area contributed by atoms with E-state index in [2.05, 4.69) is 0 Å². The highest BCUT2D eigenvalue weighted by molar-refractivity contribution is 5.43. The highest BCUT2D eigenvalue weighted by Crippen LogP contribution is 2.16. The zero-order valence-corrected chi connectivity index (χ0v) is 23.5. The second-order valence-corrected chi connectivity index (χ2v) is 9.44. The Morgan fingerprint density at radius 2 is 0.488 bits per heavy atom. The Bertz CT molecular complexity index is 1130. The summed E-state index contributed by atoms with van der Waals surface area (Å²) in [5, 5.41) is 0. The van der Waals surface area contributed by atoms with Gasteiger partial charge in [-0.2, -0.15) is 0 Å². The maximum absolute atomic E-state index is 5.63. The van der Waals surface area contributed by atoms with Crippen LogP contribution < -0.4 is 41.9 Å². The molecule has 0 atom stereocenters. The molecule has 4 rings (SSSR count). The third-order valence-corrected chi connectivity index (χ3v) is 5.92. The molecule has 0 aromatic heterocycles.